The third-order valence-electron chi connectivity index (χ3n) is 6.95. The molecule has 228 valence electrons. The molecule has 0 aliphatic carbocycles. The molecule has 2 aromatic carbocycles. The fourth-order valence-corrected chi connectivity index (χ4v) is 4.88. The third-order valence-corrected chi connectivity index (χ3v) is 6.95. The molecular formula is C33H41N5O5. The standard InChI is InChI=1S/C33H41N5O5/c1-22-13-15-26(16-14-22)30(39)37(18-10-17-34-32(41)42-33(4,5)6)20-23(2)19-27-35-29-28(24(3)36-43-29)31(40)38(27)21-25-11-8-7-9-12-25/h7-9,11-16,23H,10,17-21H2,1-6H3,(H,34,41). The van der Waals surface area contributed by atoms with Crippen LogP contribution in [0, 0.1) is 19.8 Å². The zero-order valence-electron chi connectivity index (χ0n) is 25.8. The topological polar surface area (TPSA) is 120 Å². The van der Waals surface area contributed by atoms with Gasteiger partial charge >= 0.3 is 6.09 Å². The molecule has 0 fully saturated rings. The number of hydrogen-bond donors (Lipinski definition) is 1. The van der Waals surface area contributed by atoms with Crippen LogP contribution in [0.5, 0.6) is 0 Å². The van der Waals surface area contributed by atoms with Crippen molar-refractivity contribution in [3.05, 3.63) is 93.2 Å². The van der Waals surface area contributed by atoms with E-state index in [0.717, 1.165) is 11.1 Å². The lowest BCUT2D eigenvalue weighted by Crippen LogP contribution is -2.39. The second-order valence-electron chi connectivity index (χ2n) is 12.1. The molecule has 0 bridgehead atoms. The number of carbonyl (C=O) groups excluding carboxylic acids is 2. The van der Waals surface area contributed by atoms with Crippen molar-refractivity contribution in [3.63, 3.8) is 0 Å². The zero-order valence-corrected chi connectivity index (χ0v) is 25.8. The van der Waals surface area contributed by atoms with E-state index in [9.17, 15) is 14.4 Å². The first kappa shape index (κ1) is 31.5. The van der Waals surface area contributed by atoms with Gasteiger partial charge in [0.1, 0.15) is 16.8 Å². The summed E-state index contributed by atoms with van der Waals surface area (Å²) < 4.78 is 12.4. The highest BCUT2D eigenvalue weighted by Crippen LogP contribution is 2.18. The number of hydrogen-bond acceptors (Lipinski definition) is 7. The van der Waals surface area contributed by atoms with Crippen molar-refractivity contribution >= 4 is 23.1 Å². The first-order chi connectivity index (χ1) is 20.4. The normalized spacial score (nSPS) is 12.2. The Balaban J connectivity index is 1.53. The maximum atomic E-state index is 13.6. The van der Waals surface area contributed by atoms with E-state index in [-0.39, 0.29) is 23.1 Å². The Labute approximate surface area is 252 Å². The van der Waals surface area contributed by atoms with Gasteiger partial charge in [-0.3, -0.25) is 14.2 Å². The monoisotopic (exact) mass is 587 g/mol. The number of nitrogens with one attached hydrogen (secondary N) is 1. The molecule has 1 atom stereocenters. The van der Waals surface area contributed by atoms with Crippen molar-refractivity contribution in [3.8, 4) is 0 Å². The van der Waals surface area contributed by atoms with Crippen LogP contribution in [0.3, 0.4) is 0 Å². The Hall–Kier alpha value is -4.47. The first-order valence-electron chi connectivity index (χ1n) is 14.6. The highest BCUT2D eigenvalue weighted by Gasteiger charge is 2.23. The molecular weight excluding hydrogens is 546 g/mol. The van der Waals surface area contributed by atoms with Gasteiger partial charge in [0.25, 0.3) is 17.2 Å². The van der Waals surface area contributed by atoms with Crippen LogP contribution in [-0.4, -0.2) is 56.8 Å². The molecule has 4 aromatic rings. The van der Waals surface area contributed by atoms with Gasteiger partial charge in [0.2, 0.25) is 0 Å². The highest BCUT2D eigenvalue weighted by molar-refractivity contribution is 5.94. The van der Waals surface area contributed by atoms with E-state index in [1.165, 1.54) is 0 Å². The Morgan fingerprint density at radius 2 is 1.77 bits per heavy atom. The number of fused-ring (bicyclic) bond motifs is 1. The fraction of sp³-hybridized carbons (Fsp3) is 0.424. The summed E-state index contributed by atoms with van der Waals surface area (Å²) in [6.45, 7) is 12.7. The van der Waals surface area contributed by atoms with Crippen molar-refractivity contribution in [2.45, 2.75) is 66.5 Å². The minimum Gasteiger partial charge on any atom is -0.444 e. The van der Waals surface area contributed by atoms with E-state index in [1.807, 2.05) is 89.2 Å². The van der Waals surface area contributed by atoms with Crippen LogP contribution in [0.1, 0.15) is 67.1 Å². The number of carbonyl (C=O) groups is 2. The Kier molecular flexibility index (Phi) is 10.0. The fourth-order valence-electron chi connectivity index (χ4n) is 4.88. The summed E-state index contributed by atoms with van der Waals surface area (Å²) in [6, 6.07) is 17.2. The summed E-state index contributed by atoms with van der Waals surface area (Å²) in [6.07, 6.45) is 0.493. The predicted octanol–water partition coefficient (Wildman–Crippen LogP) is 5.29. The van der Waals surface area contributed by atoms with Gasteiger partial charge in [-0.2, -0.15) is 4.98 Å². The molecule has 1 N–H and O–H groups in total. The summed E-state index contributed by atoms with van der Waals surface area (Å²) in [4.78, 5) is 45.8. The molecule has 0 saturated carbocycles. The number of aromatic nitrogens is 3. The van der Waals surface area contributed by atoms with E-state index >= 15 is 0 Å². The second kappa shape index (κ2) is 13.7. The Morgan fingerprint density at radius 3 is 2.44 bits per heavy atom. The van der Waals surface area contributed by atoms with Crippen molar-refractivity contribution in [1.29, 1.82) is 0 Å². The lowest BCUT2D eigenvalue weighted by atomic mass is 10.0. The summed E-state index contributed by atoms with van der Waals surface area (Å²) in [5.41, 5.74) is 2.57. The molecule has 0 radical (unpaired) electrons. The van der Waals surface area contributed by atoms with Crippen molar-refractivity contribution < 1.29 is 18.8 Å². The summed E-state index contributed by atoms with van der Waals surface area (Å²) >= 11 is 0. The van der Waals surface area contributed by atoms with Crippen molar-refractivity contribution in [2.75, 3.05) is 19.6 Å². The zero-order chi connectivity index (χ0) is 31.1. The lowest BCUT2D eigenvalue weighted by molar-refractivity contribution is 0.0525. The van der Waals surface area contributed by atoms with E-state index in [2.05, 4.69) is 10.5 Å². The van der Waals surface area contributed by atoms with Gasteiger partial charge in [-0.1, -0.05) is 60.1 Å². The third kappa shape index (κ3) is 8.53. The molecule has 10 nitrogen and oxygen atoms in total. The molecule has 2 amide bonds. The molecule has 0 saturated heterocycles. The molecule has 4 rings (SSSR count). The maximum absolute atomic E-state index is 13.6. The van der Waals surface area contributed by atoms with Crippen LogP contribution in [0.25, 0.3) is 11.1 Å². The van der Waals surface area contributed by atoms with Crippen LogP contribution in [0.15, 0.2) is 63.9 Å². The largest absolute Gasteiger partial charge is 0.444 e. The van der Waals surface area contributed by atoms with Gasteiger partial charge in [0, 0.05) is 31.6 Å². The van der Waals surface area contributed by atoms with Crippen LogP contribution in [0.2, 0.25) is 0 Å². The summed E-state index contributed by atoms with van der Waals surface area (Å²) in [5, 5.41) is 7.11. The summed E-state index contributed by atoms with van der Waals surface area (Å²) in [5.74, 6) is 0.419. The highest BCUT2D eigenvalue weighted by atomic mass is 16.6. The summed E-state index contributed by atoms with van der Waals surface area (Å²) in [7, 11) is 0. The van der Waals surface area contributed by atoms with Gasteiger partial charge in [0.15, 0.2) is 0 Å². The maximum Gasteiger partial charge on any atom is 0.407 e. The minimum absolute atomic E-state index is 0.0522. The van der Waals surface area contributed by atoms with E-state index in [4.69, 9.17) is 14.2 Å². The van der Waals surface area contributed by atoms with Gasteiger partial charge in [0.05, 0.1) is 12.2 Å². The molecule has 2 aromatic heterocycles. The van der Waals surface area contributed by atoms with Gasteiger partial charge in [-0.25, -0.2) is 4.79 Å². The molecule has 2 heterocycles. The number of nitrogens with zero attached hydrogens (tertiary/aromatic N) is 4. The smallest absolute Gasteiger partial charge is 0.407 e. The van der Waals surface area contributed by atoms with Gasteiger partial charge < -0.3 is 19.5 Å². The van der Waals surface area contributed by atoms with E-state index in [0.29, 0.717) is 61.5 Å². The molecule has 0 spiro atoms. The quantitative estimate of drug-likeness (QED) is 0.237. The number of rotatable bonds is 11. The van der Waals surface area contributed by atoms with Gasteiger partial charge in [-0.05, 0) is 64.7 Å². The van der Waals surface area contributed by atoms with Crippen LogP contribution in [0.4, 0.5) is 4.79 Å². The number of alkyl carbamates (subject to hydrolysis) is 1. The minimum atomic E-state index is -0.588. The van der Waals surface area contributed by atoms with E-state index < -0.39 is 11.7 Å². The van der Waals surface area contributed by atoms with Crippen LogP contribution < -0.4 is 10.9 Å². The average Bonchev–Trinajstić information content (AvgIpc) is 3.32. The number of amides is 2. The molecule has 43 heavy (non-hydrogen) atoms. The predicted molar refractivity (Wildman–Crippen MR) is 165 cm³/mol. The molecule has 0 aliphatic rings. The Morgan fingerprint density at radius 1 is 1.07 bits per heavy atom. The number of aryl methyl sites for hydroxylation is 2. The van der Waals surface area contributed by atoms with Crippen LogP contribution >= 0.6 is 0 Å². The number of ether oxygens (including phenoxy) is 1. The lowest BCUT2D eigenvalue weighted by Gasteiger charge is -2.27. The average molecular weight is 588 g/mol. The van der Waals surface area contributed by atoms with Crippen LogP contribution in [-0.2, 0) is 17.7 Å². The van der Waals surface area contributed by atoms with Gasteiger partial charge in [-0.15, -0.1) is 0 Å². The second-order valence-corrected chi connectivity index (χ2v) is 12.1. The van der Waals surface area contributed by atoms with Crippen molar-refractivity contribution in [2.24, 2.45) is 5.92 Å². The van der Waals surface area contributed by atoms with Crippen molar-refractivity contribution in [1.82, 2.24) is 24.9 Å². The Bertz CT molecular complexity index is 1600. The molecule has 1 unspecified atom stereocenters. The molecule has 0 aliphatic heterocycles. The first-order valence-corrected chi connectivity index (χ1v) is 14.6. The van der Waals surface area contributed by atoms with E-state index in [1.54, 1.807) is 16.4 Å². The molecule has 10 heteroatoms. The number of benzene rings is 2. The SMILES string of the molecule is Cc1ccc(C(=O)N(CCCNC(=O)OC(C)(C)C)CC(C)Cc2nc3onc(C)c3c(=O)n2Cc2ccccc2)cc1.